The number of carbonyl (C=O) groups is 3. The number of likely N-dealkylation sites (N-methyl/N-ethyl adjacent to an activating group) is 1. The quantitative estimate of drug-likeness (QED) is 0.728. The zero-order chi connectivity index (χ0) is 13.1. The lowest BCUT2D eigenvalue weighted by Crippen LogP contribution is -2.63. The maximum absolute atomic E-state index is 11.6. The van der Waals surface area contributed by atoms with Crippen LogP contribution in [-0.2, 0) is 16.1 Å². The molecule has 0 atom stereocenters. The van der Waals surface area contributed by atoms with E-state index < -0.39 is 23.9 Å². The number of rotatable bonds is 3. The van der Waals surface area contributed by atoms with Crippen LogP contribution >= 0.6 is 0 Å². The minimum absolute atomic E-state index is 0.445. The van der Waals surface area contributed by atoms with Gasteiger partial charge < -0.3 is 0 Å². The smallest absolute Gasteiger partial charge is 0.283 e. The minimum atomic E-state index is -0.983. The van der Waals surface area contributed by atoms with Crippen LogP contribution in [0.1, 0.15) is 5.56 Å². The number of hydrogen-bond donors (Lipinski definition) is 2. The van der Waals surface area contributed by atoms with Gasteiger partial charge >= 0.3 is 6.03 Å². The first kappa shape index (κ1) is 12.3. The molecule has 1 aliphatic heterocycles. The van der Waals surface area contributed by atoms with E-state index in [1.807, 2.05) is 30.3 Å². The Balaban J connectivity index is 2.09. The normalized spacial score (nSPS) is 16.7. The minimum Gasteiger partial charge on any atom is -0.283 e. The number of nitrogens with zero attached hydrogens (tertiary/aromatic N) is 1. The van der Waals surface area contributed by atoms with Crippen LogP contribution in [0.4, 0.5) is 4.79 Å². The molecule has 6 heteroatoms. The summed E-state index contributed by atoms with van der Waals surface area (Å²) in [5, 5.41) is 4.15. The van der Waals surface area contributed by atoms with Crippen LogP contribution in [0.3, 0.4) is 0 Å². The highest BCUT2D eigenvalue weighted by molar-refractivity contribution is 6.18. The van der Waals surface area contributed by atoms with Gasteiger partial charge in [0.1, 0.15) is 0 Å². The lowest BCUT2D eigenvalue weighted by atomic mass is 10.1. The predicted molar refractivity (Wildman–Crippen MR) is 63.4 cm³/mol. The van der Waals surface area contributed by atoms with Crippen molar-refractivity contribution >= 4 is 17.8 Å². The van der Waals surface area contributed by atoms with E-state index in [9.17, 15) is 14.4 Å². The lowest BCUT2D eigenvalue weighted by molar-refractivity contribution is -0.137. The molecule has 0 radical (unpaired) electrons. The molecular weight excluding hydrogens is 234 g/mol. The maximum Gasteiger partial charge on any atom is 0.328 e. The van der Waals surface area contributed by atoms with Gasteiger partial charge in [0.25, 0.3) is 11.8 Å². The van der Waals surface area contributed by atoms with E-state index in [1.165, 1.54) is 0 Å². The third kappa shape index (κ3) is 2.54. The highest BCUT2D eigenvalue weighted by Crippen LogP contribution is 2.08. The summed E-state index contributed by atoms with van der Waals surface area (Å²) in [7, 11) is 1.66. The summed E-state index contributed by atoms with van der Waals surface area (Å²) < 4.78 is 0. The fourth-order valence-corrected chi connectivity index (χ4v) is 1.87. The van der Waals surface area contributed by atoms with Crippen molar-refractivity contribution in [1.29, 1.82) is 0 Å². The van der Waals surface area contributed by atoms with E-state index in [4.69, 9.17) is 0 Å². The molecule has 0 saturated carbocycles. The second-order valence-corrected chi connectivity index (χ2v) is 4.11. The zero-order valence-electron chi connectivity index (χ0n) is 9.84. The van der Waals surface area contributed by atoms with Gasteiger partial charge in [-0.15, -0.1) is 0 Å². The summed E-state index contributed by atoms with van der Waals surface area (Å²) in [5.41, 5.74) is 0.984. The van der Waals surface area contributed by atoms with Crippen molar-refractivity contribution in [2.45, 2.75) is 12.6 Å². The predicted octanol–water partition coefficient (Wildman–Crippen LogP) is -0.147. The summed E-state index contributed by atoms with van der Waals surface area (Å²) in [4.78, 5) is 35.7. The second kappa shape index (κ2) is 4.97. The summed E-state index contributed by atoms with van der Waals surface area (Å²) in [6.07, 6.45) is 0. The van der Waals surface area contributed by atoms with Gasteiger partial charge in [0.05, 0.1) is 0 Å². The Hall–Kier alpha value is -2.21. The van der Waals surface area contributed by atoms with Gasteiger partial charge in [0, 0.05) is 6.54 Å². The largest absolute Gasteiger partial charge is 0.328 e. The van der Waals surface area contributed by atoms with Crippen molar-refractivity contribution in [3.8, 4) is 0 Å². The molecule has 18 heavy (non-hydrogen) atoms. The zero-order valence-corrected chi connectivity index (χ0v) is 9.84. The number of benzene rings is 1. The molecule has 0 unspecified atom stereocenters. The molecule has 0 aliphatic carbocycles. The van der Waals surface area contributed by atoms with Crippen LogP contribution in [0.15, 0.2) is 30.3 Å². The molecule has 1 fully saturated rings. The number of barbiturate groups is 1. The van der Waals surface area contributed by atoms with Crippen molar-refractivity contribution in [2.24, 2.45) is 0 Å². The van der Waals surface area contributed by atoms with Crippen molar-refractivity contribution in [2.75, 3.05) is 7.05 Å². The monoisotopic (exact) mass is 247 g/mol. The highest BCUT2D eigenvalue weighted by atomic mass is 16.2. The Labute approximate surface area is 104 Å². The van der Waals surface area contributed by atoms with Crippen molar-refractivity contribution < 1.29 is 14.4 Å². The fourth-order valence-electron chi connectivity index (χ4n) is 1.87. The summed E-state index contributed by atoms with van der Waals surface area (Å²) in [5.74, 6) is -1.19. The topological polar surface area (TPSA) is 78.5 Å². The van der Waals surface area contributed by atoms with Crippen LogP contribution in [0, 0.1) is 0 Å². The van der Waals surface area contributed by atoms with E-state index >= 15 is 0 Å². The molecule has 2 rings (SSSR count). The van der Waals surface area contributed by atoms with Crippen LogP contribution in [0.5, 0.6) is 0 Å². The first-order chi connectivity index (χ1) is 8.58. The van der Waals surface area contributed by atoms with Gasteiger partial charge in [-0.05, 0) is 12.6 Å². The summed E-state index contributed by atoms with van der Waals surface area (Å²) in [6.45, 7) is 0.445. The van der Waals surface area contributed by atoms with Crippen molar-refractivity contribution in [1.82, 2.24) is 15.5 Å². The standard InChI is InChI=1S/C12H13N3O3/c1-15(7-8-5-3-2-4-6-8)9-10(16)13-12(18)14-11(9)17/h2-6,9H,7H2,1H3,(H2,13,14,16,17,18). The third-order valence-corrected chi connectivity index (χ3v) is 2.69. The van der Waals surface area contributed by atoms with Crippen LogP contribution < -0.4 is 10.6 Å². The molecule has 94 valence electrons. The number of hydrogen-bond acceptors (Lipinski definition) is 4. The molecule has 6 nitrogen and oxygen atoms in total. The number of amides is 4. The van der Waals surface area contributed by atoms with Crippen molar-refractivity contribution in [3.63, 3.8) is 0 Å². The van der Waals surface area contributed by atoms with Crippen LogP contribution in [-0.4, -0.2) is 35.8 Å². The number of carbonyl (C=O) groups excluding carboxylic acids is 3. The average molecular weight is 247 g/mol. The SMILES string of the molecule is CN(Cc1ccccc1)C1C(=O)NC(=O)NC1=O. The van der Waals surface area contributed by atoms with Crippen molar-refractivity contribution in [3.05, 3.63) is 35.9 Å². The number of nitrogens with one attached hydrogen (secondary N) is 2. The lowest BCUT2D eigenvalue weighted by Gasteiger charge is -2.28. The van der Waals surface area contributed by atoms with Crippen LogP contribution in [0.25, 0.3) is 0 Å². The maximum atomic E-state index is 11.6. The first-order valence-electron chi connectivity index (χ1n) is 5.48. The molecular formula is C12H13N3O3. The van der Waals surface area contributed by atoms with E-state index in [2.05, 4.69) is 10.6 Å². The Morgan fingerprint density at radius 3 is 2.17 bits per heavy atom. The molecule has 1 aromatic carbocycles. The molecule has 4 amide bonds. The molecule has 0 bridgehead atoms. The molecule has 1 aliphatic rings. The first-order valence-corrected chi connectivity index (χ1v) is 5.48. The Bertz CT molecular complexity index is 467. The van der Waals surface area contributed by atoms with Gasteiger partial charge in [-0.3, -0.25) is 25.1 Å². The Kier molecular flexibility index (Phi) is 3.38. The number of imide groups is 2. The molecule has 2 N–H and O–H groups in total. The van der Waals surface area contributed by atoms with Gasteiger partial charge in [-0.25, -0.2) is 4.79 Å². The second-order valence-electron chi connectivity index (χ2n) is 4.11. The summed E-state index contributed by atoms with van der Waals surface area (Å²) in [6, 6.07) is 7.71. The molecule has 1 aromatic rings. The van der Waals surface area contributed by atoms with Gasteiger partial charge in [-0.1, -0.05) is 30.3 Å². The summed E-state index contributed by atoms with van der Waals surface area (Å²) >= 11 is 0. The molecule has 0 aromatic heterocycles. The Morgan fingerprint density at radius 2 is 1.61 bits per heavy atom. The third-order valence-electron chi connectivity index (χ3n) is 2.69. The molecule has 1 saturated heterocycles. The average Bonchev–Trinajstić information content (AvgIpc) is 2.28. The highest BCUT2D eigenvalue weighted by Gasteiger charge is 2.36. The van der Waals surface area contributed by atoms with Crippen LogP contribution in [0.2, 0.25) is 0 Å². The molecule has 0 spiro atoms. The van der Waals surface area contributed by atoms with Gasteiger partial charge in [0.2, 0.25) is 0 Å². The van der Waals surface area contributed by atoms with E-state index in [0.29, 0.717) is 6.54 Å². The van der Waals surface area contributed by atoms with E-state index in [1.54, 1.807) is 11.9 Å². The molecule has 1 heterocycles. The van der Waals surface area contributed by atoms with E-state index in [0.717, 1.165) is 5.56 Å². The Morgan fingerprint density at radius 1 is 1.06 bits per heavy atom. The van der Waals surface area contributed by atoms with Gasteiger partial charge in [0.15, 0.2) is 6.04 Å². The number of urea groups is 1. The van der Waals surface area contributed by atoms with Gasteiger partial charge in [-0.2, -0.15) is 0 Å². The fraction of sp³-hybridized carbons (Fsp3) is 0.250. The van der Waals surface area contributed by atoms with E-state index in [-0.39, 0.29) is 0 Å².